The number of aliphatic carboxylic acids is 1. The molecule has 1 heterocycles. The third kappa shape index (κ3) is 6.45. The van der Waals surface area contributed by atoms with Crippen LogP contribution in [0.1, 0.15) is 31.2 Å². The Balaban J connectivity index is 1.93. The number of aliphatic hydroxyl groups excluding tert-OH is 1. The Morgan fingerprint density at radius 1 is 1.23 bits per heavy atom. The lowest BCUT2D eigenvalue weighted by Gasteiger charge is -2.23. The van der Waals surface area contributed by atoms with Crippen LogP contribution in [0.5, 0.6) is 0 Å². The first-order valence-electron chi connectivity index (χ1n) is 9.36. The number of cyclic esters (lactones) is 1. The maximum absolute atomic E-state index is 14.3. The minimum atomic E-state index is -3.56. The normalized spacial score (nSPS) is 18.6. The topological polar surface area (TPSA) is 87.1 Å². The summed E-state index contributed by atoms with van der Waals surface area (Å²) in [6.45, 7) is -0.282. The minimum absolute atomic E-state index is 0.123. The molecule has 6 nitrogen and oxygen atoms in total. The number of hydrogen-bond acceptors (Lipinski definition) is 4. The van der Waals surface area contributed by atoms with Crippen LogP contribution in [0.4, 0.5) is 22.4 Å². The van der Waals surface area contributed by atoms with E-state index in [1.165, 1.54) is 30.3 Å². The van der Waals surface area contributed by atoms with Gasteiger partial charge in [-0.1, -0.05) is 42.5 Å². The summed E-state index contributed by atoms with van der Waals surface area (Å²) in [7, 11) is 0. The Hall–Kier alpha value is -2.62. The molecular weight excluding hydrogens is 410 g/mol. The summed E-state index contributed by atoms with van der Waals surface area (Å²) in [6, 6.07) is 5.96. The number of carbonyl (C=O) groups is 2. The van der Waals surface area contributed by atoms with E-state index in [1.54, 1.807) is 6.07 Å². The zero-order valence-electron chi connectivity index (χ0n) is 16.0. The fraction of sp³-hybridized carbons (Fsp3) is 0.500. The minimum Gasteiger partial charge on any atom is -0.481 e. The molecule has 1 fully saturated rings. The lowest BCUT2D eigenvalue weighted by Crippen LogP contribution is -2.35. The molecule has 2 N–H and O–H groups in total. The van der Waals surface area contributed by atoms with Crippen LogP contribution in [0.3, 0.4) is 0 Å². The fourth-order valence-electron chi connectivity index (χ4n) is 2.99. The van der Waals surface area contributed by atoms with Crippen LogP contribution in [0, 0.1) is 0 Å². The number of carboxylic acid groups (broad SMARTS) is 1. The maximum atomic E-state index is 14.3. The highest BCUT2D eigenvalue weighted by atomic mass is 19.3. The summed E-state index contributed by atoms with van der Waals surface area (Å²) in [5.41, 5.74) is -0.374. The molecule has 1 aromatic carbocycles. The number of benzene rings is 1. The molecule has 166 valence electrons. The van der Waals surface area contributed by atoms with E-state index in [-0.39, 0.29) is 25.1 Å². The van der Waals surface area contributed by atoms with Gasteiger partial charge in [-0.05, 0) is 6.42 Å². The van der Waals surface area contributed by atoms with E-state index >= 15 is 0 Å². The molecule has 1 amide bonds. The zero-order chi connectivity index (χ0) is 22.4. The highest BCUT2D eigenvalue weighted by molar-refractivity contribution is 5.70. The molecule has 1 aromatic rings. The van der Waals surface area contributed by atoms with Gasteiger partial charge >= 0.3 is 18.0 Å². The molecule has 1 aliphatic heterocycles. The summed E-state index contributed by atoms with van der Waals surface area (Å²) < 4.78 is 60.8. The number of ether oxygens (including phenoxy) is 1. The maximum Gasteiger partial charge on any atom is 0.410 e. The number of rotatable bonds is 11. The van der Waals surface area contributed by atoms with E-state index in [4.69, 9.17) is 9.84 Å². The molecule has 2 atom stereocenters. The Labute approximate surface area is 170 Å². The molecule has 0 bridgehead atoms. The quantitative estimate of drug-likeness (QED) is 0.410. The van der Waals surface area contributed by atoms with Crippen molar-refractivity contribution in [2.75, 3.05) is 13.2 Å². The molecule has 2 unspecified atom stereocenters. The molecule has 2 rings (SSSR count). The van der Waals surface area contributed by atoms with E-state index in [0.29, 0.717) is 0 Å². The van der Waals surface area contributed by atoms with Crippen molar-refractivity contribution in [3.05, 3.63) is 48.0 Å². The molecule has 0 saturated carbocycles. The van der Waals surface area contributed by atoms with E-state index in [2.05, 4.69) is 0 Å². The van der Waals surface area contributed by atoms with Gasteiger partial charge in [0.25, 0.3) is 0 Å². The van der Waals surface area contributed by atoms with Gasteiger partial charge in [0.05, 0.1) is 12.5 Å². The smallest absolute Gasteiger partial charge is 0.410 e. The Morgan fingerprint density at radius 2 is 1.90 bits per heavy atom. The van der Waals surface area contributed by atoms with Crippen molar-refractivity contribution < 1.29 is 42.1 Å². The van der Waals surface area contributed by atoms with Crippen LogP contribution in [-0.4, -0.2) is 58.4 Å². The number of carboxylic acids is 1. The van der Waals surface area contributed by atoms with Crippen molar-refractivity contribution in [2.45, 2.75) is 49.7 Å². The lowest BCUT2D eigenvalue weighted by atomic mass is 10.0. The Kier molecular flexibility index (Phi) is 7.83. The summed E-state index contributed by atoms with van der Waals surface area (Å²) >= 11 is 0. The van der Waals surface area contributed by atoms with Gasteiger partial charge in [-0.15, -0.1) is 0 Å². The number of carbonyl (C=O) groups excluding carboxylic acids is 1. The van der Waals surface area contributed by atoms with Gasteiger partial charge in [-0.2, -0.15) is 8.78 Å². The second-order valence-electron chi connectivity index (χ2n) is 7.01. The molecule has 1 saturated heterocycles. The number of alkyl halides is 4. The zero-order valence-corrected chi connectivity index (χ0v) is 16.0. The van der Waals surface area contributed by atoms with Gasteiger partial charge in [0.1, 0.15) is 12.7 Å². The molecular formula is C20H23F4NO5. The summed E-state index contributed by atoms with van der Waals surface area (Å²) in [5.74, 6) is -8.08. The molecule has 10 heteroatoms. The monoisotopic (exact) mass is 433 g/mol. The molecule has 1 aliphatic rings. The van der Waals surface area contributed by atoms with Crippen molar-refractivity contribution >= 4 is 12.1 Å². The van der Waals surface area contributed by atoms with E-state index in [9.17, 15) is 32.3 Å². The summed E-state index contributed by atoms with van der Waals surface area (Å²) in [5, 5.41) is 18.4. The third-order valence-corrected chi connectivity index (χ3v) is 4.70. The SMILES string of the molecule is O=C(O)CCC(F)(F)CCCN1C(=O)OCC1C=CC(O)C(F)(F)c1ccccc1. The molecule has 0 radical (unpaired) electrons. The molecule has 30 heavy (non-hydrogen) atoms. The number of amides is 1. The standard InChI is InChI=1S/C20H23F4NO5/c21-19(22,11-9-17(27)28)10-4-12-25-15(13-30-18(25)29)7-8-16(26)20(23,24)14-5-2-1-3-6-14/h1-3,5-8,15-16,26H,4,9-13H2,(H,27,28). The van der Waals surface area contributed by atoms with E-state index in [1.807, 2.05) is 0 Å². The van der Waals surface area contributed by atoms with Crippen LogP contribution in [0.25, 0.3) is 0 Å². The highest BCUT2D eigenvalue weighted by Gasteiger charge is 2.39. The predicted octanol–water partition coefficient (Wildman–Crippen LogP) is 3.80. The van der Waals surface area contributed by atoms with Crippen molar-refractivity contribution in [2.24, 2.45) is 0 Å². The second kappa shape index (κ2) is 9.92. The lowest BCUT2D eigenvalue weighted by molar-refractivity contribution is -0.139. The van der Waals surface area contributed by atoms with Crippen LogP contribution in [0.2, 0.25) is 0 Å². The number of aliphatic hydroxyl groups is 1. The van der Waals surface area contributed by atoms with Gasteiger partial charge in [0.2, 0.25) is 5.92 Å². The molecule has 0 aliphatic carbocycles. The van der Waals surface area contributed by atoms with Gasteiger partial charge in [-0.25, -0.2) is 13.6 Å². The first kappa shape index (κ1) is 23.7. The molecule has 0 spiro atoms. The van der Waals surface area contributed by atoms with Crippen molar-refractivity contribution in [3.63, 3.8) is 0 Å². The van der Waals surface area contributed by atoms with Gasteiger partial charge < -0.3 is 14.9 Å². The van der Waals surface area contributed by atoms with Crippen molar-refractivity contribution in [1.82, 2.24) is 4.90 Å². The van der Waals surface area contributed by atoms with E-state index < -0.39 is 55.3 Å². The Morgan fingerprint density at radius 3 is 2.53 bits per heavy atom. The van der Waals surface area contributed by atoms with Crippen molar-refractivity contribution in [1.29, 1.82) is 0 Å². The first-order chi connectivity index (χ1) is 14.0. The predicted molar refractivity (Wildman–Crippen MR) is 98.4 cm³/mol. The summed E-state index contributed by atoms with van der Waals surface area (Å²) in [4.78, 5) is 23.3. The van der Waals surface area contributed by atoms with Crippen LogP contribution < -0.4 is 0 Å². The third-order valence-electron chi connectivity index (χ3n) is 4.70. The number of hydrogen-bond donors (Lipinski definition) is 2. The second-order valence-corrected chi connectivity index (χ2v) is 7.01. The Bertz CT molecular complexity index is 757. The van der Waals surface area contributed by atoms with Crippen LogP contribution >= 0.6 is 0 Å². The fourth-order valence-corrected chi connectivity index (χ4v) is 2.99. The van der Waals surface area contributed by atoms with Gasteiger partial charge in [0, 0.05) is 24.9 Å². The largest absolute Gasteiger partial charge is 0.481 e. The summed E-state index contributed by atoms with van der Waals surface area (Å²) in [6.07, 6.45) is -3.12. The number of halogens is 4. The van der Waals surface area contributed by atoms with Gasteiger partial charge in [-0.3, -0.25) is 9.69 Å². The van der Waals surface area contributed by atoms with Gasteiger partial charge in [0.15, 0.2) is 0 Å². The van der Waals surface area contributed by atoms with Crippen LogP contribution in [-0.2, 0) is 15.5 Å². The van der Waals surface area contributed by atoms with Crippen molar-refractivity contribution in [3.8, 4) is 0 Å². The first-order valence-corrected chi connectivity index (χ1v) is 9.36. The average Bonchev–Trinajstić information content (AvgIpc) is 3.05. The average molecular weight is 433 g/mol. The van der Waals surface area contributed by atoms with E-state index in [0.717, 1.165) is 11.0 Å². The number of nitrogens with zero attached hydrogens (tertiary/aromatic N) is 1. The molecule has 0 aromatic heterocycles. The highest BCUT2D eigenvalue weighted by Crippen LogP contribution is 2.32. The van der Waals surface area contributed by atoms with Crippen LogP contribution in [0.15, 0.2) is 42.5 Å².